The zero-order valence-corrected chi connectivity index (χ0v) is 17.1. The number of carbonyl (C=O) groups excluding carboxylic acids is 1. The van der Waals surface area contributed by atoms with Crippen molar-refractivity contribution in [1.82, 2.24) is 14.7 Å². The molecule has 0 saturated heterocycles. The third-order valence-corrected chi connectivity index (χ3v) is 5.13. The van der Waals surface area contributed by atoms with Crippen molar-refractivity contribution < 1.29 is 9.36 Å². The summed E-state index contributed by atoms with van der Waals surface area (Å²) in [5.41, 5.74) is 9.59. The molecule has 0 spiro atoms. The van der Waals surface area contributed by atoms with Crippen LogP contribution in [0.1, 0.15) is 34.8 Å². The summed E-state index contributed by atoms with van der Waals surface area (Å²) < 4.78 is 3.23. The number of pyridine rings is 2. The summed E-state index contributed by atoms with van der Waals surface area (Å²) in [7, 11) is 0. The number of hydrogen-bond donors (Lipinski definition) is 2. The Morgan fingerprint density at radius 3 is 2.70 bits per heavy atom. The minimum Gasteiger partial charge on any atom is -0.348 e. The fourth-order valence-corrected chi connectivity index (χ4v) is 3.52. The molecule has 0 aliphatic carbocycles. The summed E-state index contributed by atoms with van der Waals surface area (Å²) in [5.74, 6) is -0.0182. The number of aromatic nitrogens is 3. The van der Waals surface area contributed by atoms with Crippen LogP contribution in [0.25, 0.3) is 16.7 Å². The summed E-state index contributed by atoms with van der Waals surface area (Å²) in [4.78, 5) is 30.7. The van der Waals surface area contributed by atoms with Crippen LogP contribution in [-0.2, 0) is 13.1 Å². The number of anilines is 1. The van der Waals surface area contributed by atoms with Gasteiger partial charge < -0.3 is 11.1 Å². The van der Waals surface area contributed by atoms with E-state index in [1.165, 1.54) is 4.40 Å². The summed E-state index contributed by atoms with van der Waals surface area (Å²) in [6, 6.07) is 14.9. The van der Waals surface area contributed by atoms with Gasteiger partial charge in [-0.05, 0) is 37.1 Å². The fourth-order valence-electron chi connectivity index (χ4n) is 3.52. The molecule has 7 nitrogen and oxygen atoms in total. The molecule has 3 N–H and O–H groups in total. The molecule has 0 unspecified atom stereocenters. The third kappa shape index (κ3) is 3.50. The van der Waals surface area contributed by atoms with Gasteiger partial charge in [-0.25, -0.2) is 4.57 Å². The Balaban J connectivity index is 1.80. The molecule has 0 aliphatic heterocycles. The maximum Gasteiger partial charge on any atom is 0.278 e. The van der Waals surface area contributed by atoms with Gasteiger partial charge in [0.1, 0.15) is 10.9 Å². The quantitative estimate of drug-likeness (QED) is 0.396. The lowest BCUT2D eigenvalue weighted by Crippen LogP contribution is -2.42. The molecule has 30 heavy (non-hydrogen) atoms. The highest BCUT2D eigenvalue weighted by atomic mass is 16.1. The largest absolute Gasteiger partial charge is 0.348 e. The van der Waals surface area contributed by atoms with E-state index in [1.807, 2.05) is 44.2 Å². The molecular formula is C23H24N5O2+. The van der Waals surface area contributed by atoms with Gasteiger partial charge in [0.2, 0.25) is 11.5 Å². The highest BCUT2D eigenvalue weighted by molar-refractivity contribution is 6.00. The van der Waals surface area contributed by atoms with Crippen LogP contribution >= 0.6 is 0 Å². The average molecular weight is 402 g/mol. The van der Waals surface area contributed by atoms with E-state index in [4.69, 9.17) is 5.73 Å². The van der Waals surface area contributed by atoms with Crippen molar-refractivity contribution in [2.75, 3.05) is 5.73 Å². The number of rotatable bonds is 5. The minimum atomic E-state index is -0.322. The lowest BCUT2D eigenvalue weighted by Gasteiger charge is -2.12. The molecule has 0 atom stereocenters. The summed E-state index contributed by atoms with van der Waals surface area (Å²) in [6.07, 6.45) is 2.45. The molecule has 0 aliphatic rings. The Morgan fingerprint density at radius 2 is 1.97 bits per heavy atom. The van der Waals surface area contributed by atoms with E-state index in [2.05, 4.69) is 10.3 Å². The molecule has 0 saturated carbocycles. The van der Waals surface area contributed by atoms with Gasteiger partial charge in [-0.15, -0.1) is 0 Å². The van der Waals surface area contributed by atoms with Crippen LogP contribution < -0.4 is 21.2 Å². The number of hydrogen-bond acceptors (Lipinski definition) is 4. The smallest absolute Gasteiger partial charge is 0.278 e. The summed E-state index contributed by atoms with van der Waals surface area (Å²) >= 11 is 0. The number of fused-ring (bicyclic) bond motifs is 2. The first-order valence-corrected chi connectivity index (χ1v) is 9.96. The first kappa shape index (κ1) is 19.6. The van der Waals surface area contributed by atoms with E-state index in [9.17, 15) is 9.59 Å². The van der Waals surface area contributed by atoms with E-state index in [1.54, 1.807) is 29.0 Å². The average Bonchev–Trinajstić information content (AvgIpc) is 2.75. The highest BCUT2D eigenvalue weighted by Crippen LogP contribution is 2.15. The Kier molecular flexibility index (Phi) is 5.18. The molecule has 4 rings (SSSR count). The zero-order valence-electron chi connectivity index (χ0n) is 17.1. The van der Waals surface area contributed by atoms with Crippen LogP contribution in [0.3, 0.4) is 0 Å². The normalized spacial score (nSPS) is 11.1. The Morgan fingerprint density at radius 1 is 1.20 bits per heavy atom. The fraction of sp³-hybridized carbons (Fsp3) is 0.217. The van der Waals surface area contributed by atoms with Crippen molar-refractivity contribution >= 4 is 28.4 Å². The van der Waals surface area contributed by atoms with E-state index in [0.717, 1.165) is 17.5 Å². The van der Waals surface area contributed by atoms with Gasteiger partial charge in [-0.1, -0.05) is 47.8 Å². The van der Waals surface area contributed by atoms with Gasteiger partial charge in [0, 0.05) is 12.7 Å². The Labute approximate surface area is 173 Å². The number of nitrogen functional groups attached to an aromatic ring is 1. The molecule has 1 amide bonds. The van der Waals surface area contributed by atoms with Crippen LogP contribution in [0.15, 0.2) is 59.5 Å². The SMILES string of the molecule is CCC[n+]1c(N)c(C(=O)NCc2ccc(C)cc2)cc2c(=O)n3ccccc3nc21. The van der Waals surface area contributed by atoms with Crippen molar-refractivity contribution in [2.24, 2.45) is 0 Å². The zero-order chi connectivity index (χ0) is 21.3. The third-order valence-electron chi connectivity index (χ3n) is 5.13. The van der Waals surface area contributed by atoms with E-state index < -0.39 is 0 Å². The van der Waals surface area contributed by atoms with E-state index in [0.29, 0.717) is 35.6 Å². The van der Waals surface area contributed by atoms with Crippen molar-refractivity contribution in [3.63, 3.8) is 0 Å². The maximum atomic E-state index is 13.1. The maximum absolute atomic E-state index is 13.1. The first-order chi connectivity index (χ1) is 14.5. The van der Waals surface area contributed by atoms with Gasteiger partial charge in [0.15, 0.2) is 0 Å². The van der Waals surface area contributed by atoms with Gasteiger partial charge >= 0.3 is 0 Å². The Bertz CT molecular complexity index is 1310. The number of aryl methyl sites for hydroxylation is 2. The highest BCUT2D eigenvalue weighted by Gasteiger charge is 2.23. The lowest BCUT2D eigenvalue weighted by atomic mass is 10.1. The number of nitrogens with one attached hydrogen (secondary N) is 1. The van der Waals surface area contributed by atoms with Crippen LogP contribution in [0.4, 0.5) is 5.82 Å². The minimum absolute atomic E-state index is 0.229. The number of nitrogens with two attached hydrogens (primary N) is 1. The topological polar surface area (TPSA) is 93.4 Å². The van der Waals surface area contributed by atoms with Crippen molar-refractivity contribution in [3.8, 4) is 0 Å². The number of amides is 1. The molecule has 7 heteroatoms. The monoisotopic (exact) mass is 402 g/mol. The summed E-state index contributed by atoms with van der Waals surface area (Å²) in [6.45, 7) is 4.95. The summed E-state index contributed by atoms with van der Waals surface area (Å²) in [5, 5.41) is 3.27. The standard InChI is InChI=1S/C23H23N5O2/c1-3-11-28-20(24)17(22(29)25-14-16-9-7-15(2)8-10-16)13-18-21(28)26-19-6-4-5-12-27(19)23(18)30/h4-10,12-13,24H,3,11,14H2,1-2H3,(H,25,29)/p+1. The predicted molar refractivity (Wildman–Crippen MR) is 116 cm³/mol. The molecule has 152 valence electrons. The first-order valence-electron chi connectivity index (χ1n) is 9.96. The van der Waals surface area contributed by atoms with E-state index in [-0.39, 0.29) is 17.0 Å². The van der Waals surface area contributed by atoms with Crippen LogP contribution in [0.5, 0.6) is 0 Å². The van der Waals surface area contributed by atoms with Crippen molar-refractivity contribution in [1.29, 1.82) is 0 Å². The van der Waals surface area contributed by atoms with Gasteiger partial charge in [-0.2, -0.15) is 0 Å². The van der Waals surface area contributed by atoms with Gasteiger partial charge in [0.05, 0.1) is 6.54 Å². The van der Waals surface area contributed by atoms with E-state index >= 15 is 0 Å². The molecular weight excluding hydrogens is 378 g/mol. The second-order valence-electron chi connectivity index (χ2n) is 7.35. The second kappa shape index (κ2) is 7.94. The number of carbonyl (C=O) groups is 1. The van der Waals surface area contributed by atoms with Gasteiger partial charge in [-0.3, -0.25) is 14.0 Å². The van der Waals surface area contributed by atoms with Crippen molar-refractivity contribution in [2.45, 2.75) is 33.4 Å². The number of nitrogens with zero attached hydrogens (tertiary/aromatic N) is 3. The van der Waals surface area contributed by atoms with Crippen molar-refractivity contribution in [3.05, 3.63) is 81.8 Å². The molecule has 4 aromatic rings. The molecule has 3 aromatic heterocycles. The molecule has 0 radical (unpaired) electrons. The van der Waals surface area contributed by atoms with Gasteiger partial charge in [0.25, 0.3) is 17.1 Å². The second-order valence-corrected chi connectivity index (χ2v) is 7.35. The number of benzene rings is 1. The predicted octanol–water partition coefficient (Wildman–Crippen LogP) is 2.37. The van der Waals surface area contributed by atoms with Crippen LogP contribution in [-0.4, -0.2) is 15.3 Å². The molecule has 3 heterocycles. The van der Waals surface area contributed by atoms with Crippen LogP contribution in [0.2, 0.25) is 0 Å². The Hall–Kier alpha value is -3.74. The molecule has 0 bridgehead atoms. The van der Waals surface area contributed by atoms with Crippen LogP contribution in [0, 0.1) is 6.92 Å². The lowest BCUT2D eigenvalue weighted by molar-refractivity contribution is -0.658. The molecule has 0 fully saturated rings. The molecule has 1 aromatic carbocycles.